The third kappa shape index (κ3) is 1.82. The summed E-state index contributed by atoms with van der Waals surface area (Å²) in [5.74, 6) is 7.86. The number of fused-ring (bicyclic) bond motifs is 1. The number of para-hydroxylation sites is 1. The third-order valence-corrected chi connectivity index (χ3v) is 2.25. The number of hydrogen-bond acceptors (Lipinski definition) is 3. The second kappa shape index (κ2) is 4.09. The monoisotopic (exact) mass is 197 g/mol. The molecule has 3 nitrogen and oxygen atoms in total. The van der Waals surface area contributed by atoms with Gasteiger partial charge in [-0.2, -0.15) is 0 Å². The molecule has 3 heteroatoms. The minimum atomic E-state index is -0.338. The minimum Gasteiger partial charge on any atom is -0.270 e. The van der Waals surface area contributed by atoms with Gasteiger partial charge in [-0.3, -0.25) is 10.8 Å². The van der Waals surface area contributed by atoms with Gasteiger partial charge in [0.25, 0.3) is 0 Å². The van der Waals surface area contributed by atoms with Crippen molar-refractivity contribution in [3.05, 3.63) is 42.1 Å². The highest BCUT2D eigenvalue weighted by Gasteiger charge is 2.07. The molecule has 0 fully saturated rings. The normalized spacial score (nSPS) is 12.3. The van der Waals surface area contributed by atoms with Gasteiger partial charge in [-0.1, -0.05) is 30.2 Å². The van der Waals surface area contributed by atoms with Crippen molar-refractivity contribution in [1.82, 2.24) is 10.4 Å². The van der Waals surface area contributed by atoms with Crippen molar-refractivity contribution < 1.29 is 0 Å². The first-order chi connectivity index (χ1) is 7.35. The average molecular weight is 197 g/mol. The molecule has 0 bridgehead atoms. The first-order valence-electron chi connectivity index (χ1n) is 4.63. The molecule has 0 saturated heterocycles. The van der Waals surface area contributed by atoms with E-state index in [9.17, 15) is 0 Å². The lowest BCUT2D eigenvalue weighted by molar-refractivity contribution is 0.659. The lowest BCUT2D eigenvalue weighted by Gasteiger charge is -2.08. The number of hydrogen-bond donors (Lipinski definition) is 2. The Labute approximate surface area is 88.3 Å². The van der Waals surface area contributed by atoms with Gasteiger partial charge < -0.3 is 0 Å². The van der Waals surface area contributed by atoms with Gasteiger partial charge in [-0.25, -0.2) is 5.43 Å². The van der Waals surface area contributed by atoms with Crippen LogP contribution in [0, 0.1) is 12.3 Å². The Morgan fingerprint density at radius 2 is 2.07 bits per heavy atom. The number of benzene rings is 1. The van der Waals surface area contributed by atoms with Crippen molar-refractivity contribution in [2.24, 2.45) is 5.84 Å². The number of terminal acetylenes is 1. The second-order valence-corrected chi connectivity index (χ2v) is 3.20. The fourth-order valence-electron chi connectivity index (χ4n) is 1.46. The molecule has 0 aliphatic carbocycles. The van der Waals surface area contributed by atoms with Gasteiger partial charge in [0.15, 0.2) is 0 Å². The number of nitrogens with zero attached hydrogens (tertiary/aromatic N) is 1. The van der Waals surface area contributed by atoms with Crippen LogP contribution >= 0.6 is 0 Å². The maximum absolute atomic E-state index is 5.33. The van der Waals surface area contributed by atoms with Crippen LogP contribution in [0.2, 0.25) is 0 Å². The quantitative estimate of drug-likeness (QED) is 0.434. The molecule has 3 N–H and O–H groups in total. The molecule has 1 unspecified atom stereocenters. The summed E-state index contributed by atoms with van der Waals surface area (Å²) in [5, 5.41) is 1.09. The van der Waals surface area contributed by atoms with Crippen LogP contribution in [0.25, 0.3) is 10.9 Å². The van der Waals surface area contributed by atoms with E-state index < -0.39 is 0 Å². The van der Waals surface area contributed by atoms with E-state index in [1.807, 2.05) is 36.4 Å². The van der Waals surface area contributed by atoms with Gasteiger partial charge in [0.05, 0.1) is 11.2 Å². The lowest BCUT2D eigenvalue weighted by atomic mass is 10.1. The van der Waals surface area contributed by atoms with E-state index in [1.54, 1.807) is 0 Å². The van der Waals surface area contributed by atoms with Gasteiger partial charge in [0.2, 0.25) is 0 Å². The van der Waals surface area contributed by atoms with Gasteiger partial charge in [0.1, 0.15) is 6.04 Å². The van der Waals surface area contributed by atoms with E-state index in [1.165, 1.54) is 0 Å². The maximum atomic E-state index is 5.33. The van der Waals surface area contributed by atoms with Crippen LogP contribution in [0.1, 0.15) is 11.7 Å². The van der Waals surface area contributed by atoms with Crippen LogP contribution in [0.3, 0.4) is 0 Å². The summed E-state index contributed by atoms with van der Waals surface area (Å²) in [6.07, 6.45) is 5.33. The lowest BCUT2D eigenvalue weighted by Crippen LogP contribution is -2.27. The van der Waals surface area contributed by atoms with Crippen LogP contribution in [-0.2, 0) is 0 Å². The SMILES string of the molecule is C#CC(NN)c1ccc2ccccc2n1. The molecule has 2 aromatic rings. The molecule has 0 saturated carbocycles. The molecule has 0 radical (unpaired) electrons. The van der Waals surface area contributed by atoms with E-state index in [4.69, 9.17) is 12.3 Å². The Morgan fingerprint density at radius 1 is 1.27 bits per heavy atom. The largest absolute Gasteiger partial charge is 0.270 e. The molecule has 0 aliphatic rings. The van der Waals surface area contributed by atoms with E-state index in [0.29, 0.717) is 0 Å². The molecule has 1 aromatic heterocycles. The van der Waals surface area contributed by atoms with Crippen molar-refractivity contribution in [3.8, 4) is 12.3 Å². The maximum Gasteiger partial charge on any atom is 0.124 e. The van der Waals surface area contributed by atoms with Crippen molar-refractivity contribution in [2.75, 3.05) is 0 Å². The van der Waals surface area contributed by atoms with Gasteiger partial charge in [0, 0.05) is 5.39 Å². The molecular formula is C12H11N3. The number of nitrogens with one attached hydrogen (secondary N) is 1. The van der Waals surface area contributed by atoms with Crippen molar-refractivity contribution >= 4 is 10.9 Å². The fraction of sp³-hybridized carbons (Fsp3) is 0.0833. The summed E-state index contributed by atoms with van der Waals surface area (Å²) in [4.78, 5) is 4.43. The zero-order valence-corrected chi connectivity index (χ0v) is 8.14. The Morgan fingerprint density at radius 3 is 2.80 bits per heavy atom. The smallest absolute Gasteiger partial charge is 0.124 e. The van der Waals surface area contributed by atoms with Crippen LogP contribution < -0.4 is 11.3 Å². The molecule has 1 atom stereocenters. The average Bonchev–Trinajstić information content (AvgIpc) is 2.30. The third-order valence-electron chi connectivity index (χ3n) is 2.25. The summed E-state index contributed by atoms with van der Waals surface area (Å²) < 4.78 is 0. The second-order valence-electron chi connectivity index (χ2n) is 3.20. The molecule has 2 rings (SSSR count). The van der Waals surface area contributed by atoms with Crippen LogP contribution in [0.5, 0.6) is 0 Å². The number of hydrazine groups is 1. The van der Waals surface area contributed by atoms with Crippen LogP contribution in [0.15, 0.2) is 36.4 Å². The minimum absolute atomic E-state index is 0.338. The molecule has 1 aromatic carbocycles. The van der Waals surface area contributed by atoms with Crippen LogP contribution in [0.4, 0.5) is 0 Å². The Hall–Kier alpha value is -1.89. The number of pyridine rings is 1. The first-order valence-corrected chi connectivity index (χ1v) is 4.63. The van der Waals surface area contributed by atoms with Gasteiger partial charge in [-0.05, 0) is 12.1 Å². The topological polar surface area (TPSA) is 50.9 Å². The number of rotatable bonds is 2. The predicted octanol–water partition coefficient (Wildman–Crippen LogP) is 1.37. The molecule has 0 amide bonds. The zero-order valence-electron chi connectivity index (χ0n) is 8.14. The molecule has 0 aliphatic heterocycles. The standard InChI is InChI=1S/C12H11N3/c1-2-10(15-13)12-8-7-9-5-3-4-6-11(9)14-12/h1,3-8,10,15H,13H2. The molecular weight excluding hydrogens is 186 g/mol. The van der Waals surface area contributed by atoms with Crippen molar-refractivity contribution in [2.45, 2.75) is 6.04 Å². The Bertz CT molecular complexity index is 514. The van der Waals surface area contributed by atoms with Gasteiger partial charge in [-0.15, -0.1) is 6.42 Å². The van der Waals surface area contributed by atoms with Crippen molar-refractivity contribution in [3.63, 3.8) is 0 Å². The highest BCUT2D eigenvalue weighted by Crippen LogP contribution is 2.15. The molecule has 1 heterocycles. The molecule has 15 heavy (non-hydrogen) atoms. The highest BCUT2D eigenvalue weighted by molar-refractivity contribution is 5.78. The molecule has 0 spiro atoms. The summed E-state index contributed by atoms with van der Waals surface area (Å²) in [6.45, 7) is 0. The first kappa shape index (κ1) is 9.66. The van der Waals surface area contributed by atoms with E-state index >= 15 is 0 Å². The summed E-state index contributed by atoms with van der Waals surface area (Å²) >= 11 is 0. The Kier molecular flexibility index (Phi) is 2.64. The zero-order chi connectivity index (χ0) is 10.7. The summed E-state index contributed by atoms with van der Waals surface area (Å²) in [5.41, 5.74) is 4.22. The Balaban J connectivity index is 2.52. The van der Waals surface area contributed by atoms with Crippen LogP contribution in [-0.4, -0.2) is 4.98 Å². The van der Waals surface area contributed by atoms with E-state index in [2.05, 4.69) is 16.3 Å². The molecule has 74 valence electrons. The van der Waals surface area contributed by atoms with Gasteiger partial charge >= 0.3 is 0 Å². The highest BCUT2D eigenvalue weighted by atomic mass is 15.2. The fourth-order valence-corrected chi connectivity index (χ4v) is 1.46. The van der Waals surface area contributed by atoms with E-state index in [0.717, 1.165) is 16.6 Å². The summed E-state index contributed by atoms with van der Waals surface area (Å²) in [7, 11) is 0. The number of aromatic nitrogens is 1. The number of nitrogens with two attached hydrogens (primary N) is 1. The van der Waals surface area contributed by atoms with Crippen molar-refractivity contribution in [1.29, 1.82) is 0 Å². The van der Waals surface area contributed by atoms with E-state index in [-0.39, 0.29) is 6.04 Å². The predicted molar refractivity (Wildman–Crippen MR) is 60.6 cm³/mol. The summed E-state index contributed by atoms with van der Waals surface area (Å²) in [6, 6.07) is 11.4.